The van der Waals surface area contributed by atoms with Crippen molar-refractivity contribution in [2.45, 2.75) is 59.1 Å². The van der Waals surface area contributed by atoms with E-state index in [0.717, 1.165) is 19.3 Å². The number of carboxylic acids is 1. The minimum atomic E-state index is -1.57. The molecule has 1 aliphatic carbocycles. The van der Waals surface area contributed by atoms with Crippen molar-refractivity contribution < 1.29 is 19.8 Å². The lowest BCUT2D eigenvalue weighted by Gasteiger charge is -2.45. The fraction of sp³-hybridized carbons (Fsp3) is 0.857. The Morgan fingerprint density at radius 2 is 1.70 bits per heavy atom. The van der Waals surface area contributed by atoms with Gasteiger partial charge in [-0.2, -0.15) is 0 Å². The summed E-state index contributed by atoms with van der Waals surface area (Å²) in [6.07, 6.45) is 1.33. The molecule has 116 valence electrons. The highest BCUT2D eigenvalue weighted by atomic mass is 16.4. The zero-order valence-electron chi connectivity index (χ0n) is 12.7. The van der Waals surface area contributed by atoms with Crippen LogP contribution in [0.4, 0.5) is 4.79 Å². The average Bonchev–Trinajstić information content (AvgIpc) is 2.20. The highest BCUT2D eigenvalue weighted by Gasteiger charge is 2.38. The van der Waals surface area contributed by atoms with Gasteiger partial charge in [0, 0.05) is 6.04 Å². The molecule has 4 N–H and O–H groups in total. The van der Waals surface area contributed by atoms with Crippen molar-refractivity contribution in [3.63, 3.8) is 0 Å². The molecule has 6 heteroatoms. The number of aliphatic hydroxyl groups excluding tert-OH is 1. The quantitative estimate of drug-likeness (QED) is 0.626. The normalized spacial score (nSPS) is 22.9. The molecule has 2 amide bonds. The Labute approximate surface area is 119 Å². The van der Waals surface area contributed by atoms with E-state index in [0.29, 0.717) is 0 Å². The molecule has 0 radical (unpaired) electrons. The lowest BCUT2D eigenvalue weighted by molar-refractivity contribution is -0.146. The van der Waals surface area contributed by atoms with Crippen LogP contribution in [-0.4, -0.2) is 40.9 Å². The molecular formula is C14H26N2O4. The topological polar surface area (TPSA) is 98.7 Å². The van der Waals surface area contributed by atoms with Crippen LogP contribution in [-0.2, 0) is 4.79 Å². The number of carbonyl (C=O) groups is 2. The van der Waals surface area contributed by atoms with Crippen molar-refractivity contribution in [1.29, 1.82) is 0 Å². The van der Waals surface area contributed by atoms with Gasteiger partial charge in [0.25, 0.3) is 0 Å². The van der Waals surface area contributed by atoms with Crippen molar-refractivity contribution in [3.05, 3.63) is 0 Å². The summed E-state index contributed by atoms with van der Waals surface area (Å²) in [7, 11) is 0. The van der Waals surface area contributed by atoms with Crippen LogP contribution in [0.1, 0.15) is 47.0 Å². The first-order valence-corrected chi connectivity index (χ1v) is 6.96. The molecular weight excluding hydrogens is 260 g/mol. The van der Waals surface area contributed by atoms with Crippen molar-refractivity contribution >= 4 is 12.0 Å². The van der Waals surface area contributed by atoms with E-state index in [2.05, 4.69) is 38.3 Å². The van der Waals surface area contributed by atoms with Gasteiger partial charge in [-0.1, -0.05) is 27.7 Å². The van der Waals surface area contributed by atoms with E-state index in [1.54, 1.807) is 0 Å². The van der Waals surface area contributed by atoms with Crippen molar-refractivity contribution in [3.8, 4) is 0 Å². The van der Waals surface area contributed by atoms with Gasteiger partial charge in [-0.3, -0.25) is 0 Å². The van der Waals surface area contributed by atoms with E-state index < -0.39 is 18.1 Å². The molecule has 1 fully saturated rings. The third kappa shape index (κ3) is 5.36. The fourth-order valence-electron chi connectivity index (χ4n) is 3.46. The van der Waals surface area contributed by atoms with E-state index >= 15 is 0 Å². The van der Waals surface area contributed by atoms with E-state index in [9.17, 15) is 9.59 Å². The second kappa shape index (κ2) is 5.99. The second-order valence-corrected chi connectivity index (χ2v) is 7.32. The lowest BCUT2D eigenvalue weighted by atomic mass is 9.63. The summed E-state index contributed by atoms with van der Waals surface area (Å²) in [6, 6.07) is -0.362. The van der Waals surface area contributed by atoms with Gasteiger partial charge in [0.05, 0.1) is 6.54 Å². The summed E-state index contributed by atoms with van der Waals surface area (Å²) in [4.78, 5) is 22.2. The molecule has 0 aromatic carbocycles. The molecule has 0 aromatic heterocycles. The van der Waals surface area contributed by atoms with E-state index in [1.165, 1.54) is 0 Å². The van der Waals surface area contributed by atoms with Crippen molar-refractivity contribution in [2.75, 3.05) is 6.54 Å². The Morgan fingerprint density at radius 1 is 1.20 bits per heavy atom. The molecule has 0 spiro atoms. The first kappa shape index (κ1) is 16.8. The zero-order chi connectivity index (χ0) is 15.6. The number of rotatable bonds is 4. The molecule has 6 nitrogen and oxygen atoms in total. The number of aliphatic hydroxyl groups is 1. The minimum absolute atomic E-state index is 0.0655. The molecule has 1 atom stereocenters. The van der Waals surface area contributed by atoms with Crippen LogP contribution in [0.5, 0.6) is 0 Å². The fourth-order valence-corrected chi connectivity index (χ4v) is 3.46. The third-order valence-corrected chi connectivity index (χ3v) is 3.63. The lowest BCUT2D eigenvalue weighted by Crippen LogP contribution is -2.50. The molecule has 1 saturated carbocycles. The molecule has 0 bridgehead atoms. The Bertz CT molecular complexity index is 363. The molecule has 1 unspecified atom stereocenters. The first-order valence-electron chi connectivity index (χ1n) is 6.96. The Hall–Kier alpha value is -1.30. The van der Waals surface area contributed by atoms with Gasteiger partial charge in [0.1, 0.15) is 0 Å². The number of nitrogens with one attached hydrogen (secondary N) is 2. The van der Waals surface area contributed by atoms with Crippen LogP contribution >= 0.6 is 0 Å². The molecule has 0 heterocycles. The summed E-state index contributed by atoms with van der Waals surface area (Å²) in [5.41, 5.74) is 0.334. The number of hydrogen-bond acceptors (Lipinski definition) is 3. The number of amides is 2. The van der Waals surface area contributed by atoms with Crippen LogP contribution in [0.3, 0.4) is 0 Å². The number of carboxylic acid groups (broad SMARTS) is 1. The number of hydrogen-bond donors (Lipinski definition) is 4. The van der Waals surface area contributed by atoms with Gasteiger partial charge in [0.2, 0.25) is 0 Å². The van der Waals surface area contributed by atoms with Crippen molar-refractivity contribution in [2.24, 2.45) is 10.8 Å². The molecule has 0 saturated heterocycles. The smallest absolute Gasteiger partial charge is 0.334 e. The van der Waals surface area contributed by atoms with Gasteiger partial charge >= 0.3 is 12.0 Å². The first-order chi connectivity index (χ1) is 9.01. The number of urea groups is 1. The van der Waals surface area contributed by atoms with E-state index in [1.807, 2.05) is 0 Å². The summed E-state index contributed by atoms with van der Waals surface area (Å²) < 4.78 is 0. The maximum atomic E-state index is 11.7. The molecule has 0 aliphatic heterocycles. The molecule has 0 aromatic rings. The van der Waals surface area contributed by atoms with Crippen molar-refractivity contribution in [1.82, 2.24) is 10.6 Å². The Morgan fingerprint density at radius 3 is 2.15 bits per heavy atom. The molecule has 1 rings (SSSR count). The Balaban J connectivity index is 2.47. The van der Waals surface area contributed by atoms with Crippen LogP contribution < -0.4 is 10.6 Å². The summed E-state index contributed by atoms with van der Waals surface area (Å²) in [5.74, 6) is -1.34. The predicted octanol–water partition coefficient (Wildman–Crippen LogP) is 1.34. The van der Waals surface area contributed by atoms with Crippen LogP contribution in [0, 0.1) is 10.8 Å². The van der Waals surface area contributed by atoms with Gasteiger partial charge in [-0.05, 0) is 30.1 Å². The third-order valence-electron chi connectivity index (χ3n) is 3.63. The van der Waals surface area contributed by atoms with Crippen LogP contribution in [0.25, 0.3) is 0 Å². The number of aliphatic carboxylic acids is 1. The predicted molar refractivity (Wildman–Crippen MR) is 75.4 cm³/mol. The number of carbonyl (C=O) groups excluding carboxylic acids is 1. The summed E-state index contributed by atoms with van der Waals surface area (Å²) in [5, 5.41) is 22.9. The Kier molecular flexibility index (Phi) is 5.02. The zero-order valence-corrected chi connectivity index (χ0v) is 12.7. The van der Waals surface area contributed by atoms with E-state index in [-0.39, 0.29) is 23.4 Å². The second-order valence-electron chi connectivity index (χ2n) is 7.32. The SMILES string of the molecule is CC1(C)CC(NC(=O)NCC(O)C(=O)O)CC(C)(C)C1. The van der Waals surface area contributed by atoms with Gasteiger partial charge in [-0.25, -0.2) is 9.59 Å². The minimum Gasteiger partial charge on any atom is -0.479 e. The van der Waals surface area contributed by atoms with E-state index in [4.69, 9.17) is 10.2 Å². The maximum absolute atomic E-state index is 11.7. The van der Waals surface area contributed by atoms with Gasteiger partial charge in [-0.15, -0.1) is 0 Å². The highest BCUT2D eigenvalue weighted by Crippen LogP contribution is 2.45. The van der Waals surface area contributed by atoms with Crippen LogP contribution in [0.2, 0.25) is 0 Å². The monoisotopic (exact) mass is 286 g/mol. The standard InChI is InChI=1S/C14H26N2O4/c1-13(2)5-9(6-14(3,4)8-13)16-12(20)15-7-10(17)11(18)19/h9-10,17H,5-8H2,1-4H3,(H,18,19)(H2,15,16,20). The highest BCUT2D eigenvalue weighted by molar-refractivity contribution is 5.76. The van der Waals surface area contributed by atoms with Gasteiger partial charge in [0.15, 0.2) is 6.10 Å². The maximum Gasteiger partial charge on any atom is 0.334 e. The largest absolute Gasteiger partial charge is 0.479 e. The summed E-state index contributed by atoms with van der Waals surface area (Å²) >= 11 is 0. The summed E-state index contributed by atoms with van der Waals surface area (Å²) in [6.45, 7) is 8.47. The molecule has 1 aliphatic rings. The van der Waals surface area contributed by atoms with Crippen LogP contribution in [0.15, 0.2) is 0 Å². The molecule has 20 heavy (non-hydrogen) atoms. The van der Waals surface area contributed by atoms with Gasteiger partial charge < -0.3 is 20.8 Å². The average molecular weight is 286 g/mol.